The Kier molecular flexibility index (Phi) is 9.99. The van der Waals surface area contributed by atoms with Crippen LogP contribution >= 0.6 is 36.4 Å². The Hall–Kier alpha value is -0.200. The minimum Gasteiger partial charge on any atom is -0.314 e. The zero-order valence-electron chi connectivity index (χ0n) is 13.7. The molecule has 1 heterocycles. The predicted molar refractivity (Wildman–Crippen MR) is 97.6 cm³/mol. The minimum absolute atomic E-state index is 0. The zero-order valence-corrected chi connectivity index (χ0v) is 16.1. The summed E-state index contributed by atoms with van der Waals surface area (Å²) < 4.78 is 40.2. The van der Waals surface area contributed by atoms with Crippen LogP contribution < -0.4 is 5.32 Å². The second-order valence-electron chi connectivity index (χ2n) is 6.16. The maximum atomic E-state index is 13.4. The lowest BCUT2D eigenvalue weighted by Crippen LogP contribution is -2.45. The normalized spacial score (nSPS) is 17.1. The highest BCUT2D eigenvalue weighted by Crippen LogP contribution is 2.40. The largest absolute Gasteiger partial charge is 0.416 e. The monoisotopic (exact) mass is 406 g/mol. The highest BCUT2D eigenvalue weighted by atomic mass is 35.5. The van der Waals surface area contributed by atoms with Gasteiger partial charge in [-0.1, -0.05) is 31.5 Å². The Morgan fingerprint density at radius 2 is 1.75 bits per heavy atom. The molecule has 0 unspecified atom stereocenters. The number of rotatable bonds is 4. The maximum Gasteiger partial charge on any atom is 0.416 e. The van der Waals surface area contributed by atoms with Crippen molar-refractivity contribution in [3.05, 3.63) is 34.3 Å². The van der Waals surface area contributed by atoms with E-state index >= 15 is 0 Å². The highest BCUT2D eigenvalue weighted by Gasteiger charge is 2.37. The lowest BCUT2D eigenvalue weighted by Gasteiger charge is -2.37. The van der Waals surface area contributed by atoms with Crippen LogP contribution in [0.2, 0.25) is 5.02 Å². The van der Waals surface area contributed by atoms with Gasteiger partial charge in [0.2, 0.25) is 0 Å². The lowest BCUT2D eigenvalue weighted by atomic mass is 9.91. The molecular weight excluding hydrogens is 384 g/mol. The van der Waals surface area contributed by atoms with Gasteiger partial charge in [0.1, 0.15) is 0 Å². The van der Waals surface area contributed by atoms with Crippen LogP contribution in [-0.4, -0.2) is 31.1 Å². The number of nitrogens with one attached hydrogen (secondary N) is 1. The maximum absolute atomic E-state index is 13.4. The van der Waals surface area contributed by atoms with Crippen molar-refractivity contribution in [2.75, 3.05) is 26.2 Å². The third-order valence-corrected chi connectivity index (χ3v) is 4.20. The highest BCUT2D eigenvalue weighted by molar-refractivity contribution is 6.30. The summed E-state index contributed by atoms with van der Waals surface area (Å²) in [5.74, 6) is 0.316. The topological polar surface area (TPSA) is 15.3 Å². The number of piperazine rings is 1. The molecule has 2 rings (SSSR count). The molecule has 0 saturated carbocycles. The van der Waals surface area contributed by atoms with Crippen LogP contribution in [0.4, 0.5) is 13.2 Å². The fourth-order valence-corrected chi connectivity index (χ4v) is 3.15. The summed E-state index contributed by atoms with van der Waals surface area (Å²) in [5, 5.41) is 3.37. The van der Waals surface area contributed by atoms with E-state index in [0.29, 0.717) is 17.9 Å². The molecule has 1 aromatic carbocycles. The van der Waals surface area contributed by atoms with Gasteiger partial charge < -0.3 is 5.32 Å². The number of benzene rings is 1. The van der Waals surface area contributed by atoms with Crippen molar-refractivity contribution in [3.63, 3.8) is 0 Å². The van der Waals surface area contributed by atoms with E-state index in [0.717, 1.165) is 32.2 Å². The van der Waals surface area contributed by atoms with E-state index in [9.17, 15) is 13.2 Å². The Morgan fingerprint density at radius 3 is 2.25 bits per heavy atom. The Morgan fingerprint density at radius 1 is 1.17 bits per heavy atom. The molecule has 8 heteroatoms. The van der Waals surface area contributed by atoms with E-state index < -0.39 is 11.7 Å². The molecule has 2 nitrogen and oxygen atoms in total. The van der Waals surface area contributed by atoms with Gasteiger partial charge in [0.25, 0.3) is 0 Å². The van der Waals surface area contributed by atoms with E-state index in [1.807, 2.05) is 13.8 Å². The zero-order chi connectivity index (χ0) is 16.3. The van der Waals surface area contributed by atoms with Crippen molar-refractivity contribution in [2.24, 2.45) is 5.92 Å². The second-order valence-corrected chi connectivity index (χ2v) is 6.60. The molecule has 1 aromatic rings. The van der Waals surface area contributed by atoms with E-state index in [1.165, 1.54) is 0 Å². The summed E-state index contributed by atoms with van der Waals surface area (Å²) in [5.41, 5.74) is -0.267. The summed E-state index contributed by atoms with van der Waals surface area (Å²) in [6.07, 6.45) is -3.69. The molecule has 140 valence electrons. The predicted octanol–water partition coefficient (Wildman–Crippen LogP) is 5.19. The molecule has 1 atom stereocenters. The van der Waals surface area contributed by atoms with Crippen LogP contribution in [0.5, 0.6) is 0 Å². The number of hydrogen-bond donors (Lipinski definition) is 1. The summed E-state index contributed by atoms with van der Waals surface area (Å²) in [7, 11) is 0. The third kappa shape index (κ3) is 6.26. The van der Waals surface area contributed by atoms with Crippen LogP contribution in [-0.2, 0) is 6.18 Å². The fraction of sp³-hybridized carbons (Fsp3) is 0.625. The number of nitrogens with zero attached hydrogens (tertiary/aromatic N) is 1. The Bertz CT molecular complexity index is 504. The van der Waals surface area contributed by atoms with Gasteiger partial charge in [-0.05, 0) is 30.0 Å². The van der Waals surface area contributed by atoms with Crippen LogP contribution in [0.25, 0.3) is 0 Å². The molecule has 1 N–H and O–H groups in total. The SMILES string of the molecule is CC(C)C[C@@H](c1ccc(Cl)cc1C(F)(F)F)N1CCNCC1.Cl.Cl. The molecule has 1 aliphatic rings. The smallest absolute Gasteiger partial charge is 0.314 e. The summed E-state index contributed by atoms with van der Waals surface area (Å²) >= 11 is 5.80. The van der Waals surface area contributed by atoms with Crippen molar-refractivity contribution in [3.8, 4) is 0 Å². The lowest BCUT2D eigenvalue weighted by molar-refractivity contribution is -0.138. The van der Waals surface area contributed by atoms with Crippen molar-refractivity contribution >= 4 is 36.4 Å². The first-order valence-electron chi connectivity index (χ1n) is 7.60. The average Bonchev–Trinajstić information content (AvgIpc) is 2.45. The van der Waals surface area contributed by atoms with Gasteiger partial charge in [-0.3, -0.25) is 4.90 Å². The van der Waals surface area contributed by atoms with Crippen LogP contribution in [0.3, 0.4) is 0 Å². The molecule has 0 radical (unpaired) electrons. The Balaban J connectivity index is 0.00000264. The first kappa shape index (κ1) is 23.8. The molecule has 0 aliphatic carbocycles. The van der Waals surface area contributed by atoms with Crippen molar-refractivity contribution in [2.45, 2.75) is 32.5 Å². The molecule has 0 amide bonds. The van der Waals surface area contributed by atoms with Crippen molar-refractivity contribution < 1.29 is 13.2 Å². The Labute approximate surface area is 158 Å². The number of halogens is 6. The standard InChI is InChI=1S/C16H22ClF3N2.2ClH/c1-11(2)9-15(22-7-5-21-6-8-22)13-4-3-12(17)10-14(13)16(18,19)20;;/h3-4,10-11,15,21H,5-9H2,1-2H3;2*1H/t15-;;/m0../s1. The van der Waals surface area contributed by atoms with Crippen molar-refractivity contribution in [1.29, 1.82) is 0 Å². The summed E-state index contributed by atoms with van der Waals surface area (Å²) in [6.45, 7) is 7.22. The number of alkyl halides is 3. The summed E-state index contributed by atoms with van der Waals surface area (Å²) in [4.78, 5) is 2.15. The van der Waals surface area contributed by atoms with Crippen LogP contribution in [0, 0.1) is 5.92 Å². The molecule has 0 bridgehead atoms. The van der Waals surface area contributed by atoms with Gasteiger partial charge >= 0.3 is 6.18 Å². The van der Waals surface area contributed by atoms with Gasteiger partial charge in [-0.25, -0.2) is 0 Å². The molecule has 1 fully saturated rings. The molecule has 0 spiro atoms. The van der Waals surface area contributed by atoms with E-state index in [4.69, 9.17) is 11.6 Å². The molecule has 24 heavy (non-hydrogen) atoms. The summed E-state index contributed by atoms with van der Waals surface area (Å²) in [6, 6.07) is 3.92. The quantitative estimate of drug-likeness (QED) is 0.738. The first-order chi connectivity index (χ1) is 10.3. The second kappa shape index (κ2) is 10.1. The number of hydrogen-bond acceptors (Lipinski definition) is 2. The van der Waals surface area contributed by atoms with Crippen LogP contribution in [0.1, 0.15) is 37.4 Å². The van der Waals surface area contributed by atoms with Crippen molar-refractivity contribution in [1.82, 2.24) is 10.2 Å². The van der Waals surface area contributed by atoms with E-state index in [1.54, 1.807) is 12.1 Å². The molecular formula is C16H24Cl3F3N2. The van der Waals surface area contributed by atoms with Gasteiger partial charge in [0.15, 0.2) is 0 Å². The minimum atomic E-state index is -4.39. The van der Waals surface area contributed by atoms with Gasteiger partial charge in [0, 0.05) is 37.2 Å². The average molecular weight is 408 g/mol. The fourth-order valence-electron chi connectivity index (χ4n) is 2.98. The van der Waals surface area contributed by atoms with Crippen LogP contribution in [0.15, 0.2) is 18.2 Å². The van der Waals surface area contributed by atoms with E-state index in [-0.39, 0.29) is 35.9 Å². The molecule has 1 aliphatic heterocycles. The molecule has 0 aromatic heterocycles. The first-order valence-corrected chi connectivity index (χ1v) is 7.98. The molecule has 1 saturated heterocycles. The van der Waals surface area contributed by atoms with Gasteiger partial charge in [-0.15, -0.1) is 24.8 Å². The third-order valence-electron chi connectivity index (χ3n) is 3.97. The van der Waals surface area contributed by atoms with Gasteiger partial charge in [-0.2, -0.15) is 13.2 Å². The van der Waals surface area contributed by atoms with Gasteiger partial charge in [0.05, 0.1) is 5.56 Å². The van der Waals surface area contributed by atoms with E-state index in [2.05, 4.69) is 10.2 Å².